The first-order chi connectivity index (χ1) is 11.5. The minimum absolute atomic E-state index is 0.00132. The minimum Gasteiger partial charge on any atom is -0.350 e. The van der Waals surface area contributed by atoms with Gasteiger partial charge in [-0.1, -0.05) is 12.5 Å². The summed E-state index contributed by atoms with van der Waals surface area (Å²) < 4.78 is 26.3. The van der Waals surface area contributed by atoms with Crippen LogP contribution in [0.3, 0.4) is 0 Å². The normalized spacial score (nSPS) is 24.0. The highest BCUT2D eigenvalue weighted by molar-refractivity contribution is 5.60. The van der Waals surface area contributed by atoms with E-state index in [1.807, 2.05) is 10.9 Å². The second kappa shape index (κ2) is 5.83. The monoisotopic (exact) mass is 328 g/mol. The van der Waals surface area contributed by atoms with Crippen molar-refractivity contribution in [2.45, 2.75) is 33.0 Å². The number of allylic oxidation sites excluding steroid dienone is 1. The summed E-state index contributed by atoms with van der Waals surface area (Å²) in [6.07, 6.45) is 5.72. The van der Waals surface area contributed by atoms with Gasteiger partial charge < -0.3 is 9.47 Å². The van der Waals surface area contributed by atoms with Gasteiger partial charge in [-0.05, 0) is 54.7 Å². The Morgan fingerprint density at radius 3 is 2.67 bits per heavy atom. The summed E-state index contributed by atoms with van der Waals surface area (Å²) in [5.41, 5.74) is 4.43. The molecule has 5 heteroatoms. The Morgan fingerprint density at radius 2 is 1.96 bits per heavy atom. The molecule has 0 unspecified atom stereocenters. The standard InChI is InChI=1S/C19H21FN2O2/c1-13-9-17-14(10-19(13,2)11-18-23-7-8-24-18)12-21-22(17)16-5-3-15(20)4-6-16/h3-6,9,12,18H,7-8,10-11H2,1-2H3/t19-/m1/s1. The molecule has 4 rings (SSSR count). The molecule has 2 aliphatic rings. The topological polar surface area (TPSA) is 36.3 Å². The van der Waals surface area contributed by atoms with Gasteiger partial charge in [0, 0.05) is 6.42 Å². The molecule has 1 aromatic carbocycles. The van der Waals surface area contributed by atoms with Crippen LogP contribution in [0.5, 0.6) is 0 Å². The fourth-order valence-corrected chi connectivity index (χ4v) is 3.54. The lowest BCUT2D eigenvalue weighted by Crippen LogP contribution is -2.30. The Bertz CT molecular complexity index is 775. The lowest BCUT2D eigenvalue weighted by atomic mass is 9.71. The van der Waals surface area contributed by atoms with Crippen molar-refractivity contribution in [1.82, 2.24) is 9.78 Å². The molecule has 1 aromatic heterocycles. The summed E-state index contributed by atoms with van der Waals surface area (Å²) in [7, 11) is 0. The largest absolute Gasteiger partial charge is 0.350 e. The van der Waals surface area contributed by atoms with E-state index in [4.69, 9.17) is 9.47 Å². The number of ether oxygens (including phenoxy) is 2. The Morgan fingerprint density at radius 1 is 1.25 bits per heavy atom. The maximum Gasteiger partial charge on any atom is 0.158 e. The molecule has 0 radical (unpaired) electrons. The maximum absolute atomic E-state index is 13.2. The van der Waals surface area contributed by atoms with Crippen molar-refractivity contribution in [1.29, 1.82) is 0 Å². The third kappa shape index (κ3) is 2.68. The molecule has 126 valence electrons. The number of halogens is 1. The van der Waals surface area contributed by atoms with Gasteiger partial charge in [0.1, 0.15) is 5.82 Å². The average molecular weight is 328 g/mol. The van der Waals surface area contributed by atoms with E-state index >= 15 is 0 Å². The quantitative estimate of drug-likeness (QED) is 0.861. The molecule has 0 spiro atoms. The molecule has 1 atom stereocenters. The number of hydrogen-bond acceptors (Lipinski definition) is 3. The molecule has 0 bridgehead atoms. The van der Waals surface area contributed by atoms with E-state index in [0.29, 0.717) is 13.2 Å². The third-order valence-corrected chi connectivity index (χ3v) is 5.15. The zero-order valence-electron chi connectivity index (χ0n) is 14.0. The van der Waals surface area contributed by atoms with Crippen LogP contribution in [0.1, 0.15) is 31.5 Å². The van der Waals surface area contributed by atoms with Gasteiger partial charge in [0.25, 0.3) is 0 Å². The number of benzene rings is 1. The highest BCUT2D eigenvalue weighted by atomic mass is 19.1. The van der Waals surface area contributed by atoms with Gasteiger partial charge in [0.15, 0.2) is 6.29 Å². The van der Waals surface area contributed by atoms with Crippen molar-refractivity contribution >= 4 is 6.08 Å². The van der Waals surface area contributed by atoms with Crippen LogP contribution < -0.4 is 0 Å². The first-order valence-corrected chi connectivity index (χ1v) is 8.30. The Balaban J connectivity index is 1.65. The van der Waals surface area contributed by atoms with Crippen LogP contribution >= 0.6 is 0 Å². The smallest absolute Gasteiger partial charge is 0.158 e. The zero-order chi connectivity index (χ0) is 16.7. The molecule has 0 amide bonds. The van der Waals surface area contributed by atoms with Crippen LogP contribution in [0.4, 0.5) is 4.39 Å². The molecule has 2 heterocycles. The fraction of sp³-hybridized carbons (Fsp3) is 0.421. The second-order valence-electron chi connectivity index (χ2n) is 6.88. The van der Waals surface area contributed by atoms with E-state index in [2.05, 4.69) is 25.0 Å². The SMILES string of the molecule is CC1=Cc2c(cnn2-c2ccc(F)cc2)C[C@]1(C)CC1OCCO1. The summed E-state index contributed by atoms with van der Waals surface area (Å²) >= 11 is 0. The number of rotatable bonds is 3. The fourth-order valence-electron chi connectivity index (χ4n) is 3.54. The van der Waals surface area contributed by atoms with Gasteiger partial charge in [-0.25, -0.2) is 9.07 Å². The highest BCUT2D eigenvalue weighted by Crippen LogP contribution is 2.43. The van der Waals surface area contributed by atoms with Crippen molar-refractivity contribution < 1.29 is 13.9 Å². The minimum atomic E-state index is -0.240. The van der Waals surface area contributed by atoms with Crippen molar-refractivity contribution in [2.24, 2.45) is 5.41 Å². The molecule has 0 saturated carbocycles. The van der Waals surface area contributed by atoms with Crippen LogP contribution in [0.25, 0.3) is 11.8 Å². The number of fused-ring (bicyclic) bond motifs is 1. The predicted octanol–water partition coefficient (Wildman–Crippen LogP) is 3.74. The van der Waals surface area contributed by atoms with Crippen LogP contribution in [0, 0.1) is 11.2 Å². The van der Waals surface area contributed by atoms with E-state index in [1.165, 1.54) is 23.3 Å². The van der Waals surface area contributed by atoms with Gasteiger partial charge in [0.05, 0.1) is 30.8 Å². The highest BCUT2D eigenvalue weighted by Gasteiger charge is 2.36. The summed E-state index contributed by atoms with van der Waals surface area (Å²) in [5, 5.41) is 4.52. The van der Waals surface area contributed by atoms with Gasteiger partial charge in [-0.3, -0.25) is 0 Å². The molecule has 2 aromatic rings. The summed E-state index contributed by atoms with van der Waals surface area (Å²) in [5.74, 6) is -0.240. The van der Waals surface area contributed by atoms with Crippen molar-refractivity contribution in [3.8, 4) is 5.69 Å². The van der Waals surface area contributed by atoms with Crippen LogP contribution in [0.2, 0.25) is 0 Å². The van der Waals surface area contributed by atoms with Crippen LogP contribution in [-0.4, -0.2) is 29.3 Å². The van der Waals surface area contributed by atoms with E-state index in [9.17, 15) is 4.39 Å². The first kappa shape index (κ1) is 15.5. The molecule has 1 saturated heterocycles. The lowest BCUT2D eigenvalue weighted by Gasteiger charge is -2.35. The van der Waals surface area contributed by atoms with Crippen LogP contribution in [-0.2, 0) is 15.9 Å². The van der Waals surface area contributed by atoms with Crippen LogP contribution in [0.15, 0.2) is 36.0 Å². The average Bonchev–Trinajstić information content (AvgIpc) is 3.19. The molecular weight excluding hydrogens is 307 g/mol. The summed E-state index contributed by atoms with van der Waals surface area (Å²) in [6.45, 7) is 5.76. The molecule has 4 nitrogen and oxygen atoms in total. The van der Waals surface area contributed by atoms with Gasteiger partial charge in [-0.2, -0.15) is 5.10 Å². The number of hydrogen-bond donors (Lipinski definition) is 0. The zero-order valence-corrected chi connectivity index (χ0v) is 14.0. The van der Waals surface area contributed by atoms with E-state index < -0.39 is 0 Å². The summed E-state index contributed by atoms with van der Waals surface area (Å²) in [6, 6.07) is 6.42. The van der Waals surface area contributed by atoms with Crippen molar-refractivity contribution in [2.75, 3.05) is 13.2 Å². The van der Waals surface area contributed by atoms with Crippen molar-refractivity contribution in [3.63, 3.8) is 0 Å². The maximum atomic E-state index is 13.2. The second-order valence-corrected chi connectivity index (χ2v) is 6.88. The Hall–Kier alpha value is -1.98. The Kier molecular flexibility index (Phi) is 3.77. The molecular formula is C19H21FN2O2. The van der Waals surface area contributed by atoms with E-state index in [0.717, 1.165) is 24.2 Å². The molecule has 1 aliphatic heterocycles. The van der Waals surface area contributed by atoms with Crippen molar-refractivity contribution in [3.05, 3.63) is 53.1 Å². The molecule has 0 N–H and O–H groups in total. The predicted molar refractivity (Wildman–Crippen MR) is 89.3 cm³/mol. The molecule has 1 aliphatic carbocycles. The lowest BCUT2D eigenvalue weighted by molar-refractivity contribution is -0.0654. The van der Waals surface area contributed by atoms with Gasteiger partial charge in [-0.15, -0.1) is 0 Å². The van der Waals surface area contributed by atoms with Gasteiger partial charge in [0.2, 0.25) is 0 Å². The Labute approximate surface area is 140 Å². The first-order valence-electron chi connectivity index (χ1n) is 8.30. The van der Waals surface area contributed by atoms with E-state index in [-0.39, 0.29) is 17.5 Å². The number of aromatic nitrogens is 2. The molecule has 1 fully saturated rings. The number of nitrogens with zero attached hydrogens (tertiary/aromatic N) is 2. The summed E-state index contributed by atoms with van der Waals surface area (Å²) in [4.78, 5) is 0. The molecule has 24 heavy (non-hydrogen) atoms. The van der Waals surface area contributed by atoms with E-state index in [1.54, 1.807) is 12.1 Å². The third-order valence-electron chi connectivity index (χ3n) is 5.15. The van der Waals surface area contributed by atoms with Gasteiger partial charge >= 0.3 is 0 Å².